The van der Waals surface area contributed by atoms with Gasteiger partial charge in [0.2, 0.25) is 0 Å². The zero-order valence-electron chi connectivity index (χ0n) is 13.5. The molecule has 0 aliphatic rings. The highest BCUT2D eigenvalue weighted by Gasteiger charge is 2.20. The van der Waals surface area contributed by atoms with Crippen LogP contribution >= 0.6 is 0 Å². The number of aromatic nitrogens is 1. The van der Waals surface area contributed by atoms with Crippen molar-refractivity contribution >= 4 is 16.8 Å². The lowest BCUT2D eigenvalue weighted by Crippen LogP contribution is -2.27. The van der Waals surface area contributed by atoms with Gasteiger partial charge in [0.05, 0.1) is 29.6 Å². The van der Waals surface area contributed by atoms with E-state index in [4.69, 9.17) is 4.74 Å². The van der Waals surface area contributed by atoms with Crippen LogP contribution in [0, 0.1) is 6.92 Å². The summed E-state index contributed by atoms with van der Waals surface area (Å²) in [6, 6.07) is 15.6. The van der Waals surface area contributed by atoms with Crippen LogP contribution in [0.15, 0.2) is 48.5 Å². The van der Waals surface area contributed by atoms with Gasteiger partial charge < -0.3 is 15.0 Å². The van der Waals surface area contributed by atoms with E-state index in [1.165, 1.54) is 0 Å². The maximum absolute atomic E-state index is 12.8. The van der Waals surface area contributed by atoms with Crippen molar-refractivity contribution in [2.45, 2.75) is 19.9 Å². The maximum atomic E-state index is 12.8. The number of aromatic amines is 1. The molecular weight excluding hydrogens is 288 g/mol. The quantitative estimate of drug-likeness (QED) is 0.766. The summed E-state index contributed by atoms with van der Waals surface area (Å²) in [6.45, 7) is 3.89. The summed E-state index contributed by atoms with van der Waals surface area (Å²) >= 11 is 0. The Hall–Kier alpha value is -2.75. The number of fused-ring (bicyclic) bond motifs is 1. The van der Waals surface area contributed by atoms with Gasteiger partial charge in [-0.05, 0) is 31.5 Å². The third kappa shape index (κ3) is 2.80. The molecule has 2 N–H and O–H groups in total. The molecule has 3 aromatic rings. The van der Waals surface area contributed by atoms with Crippen LogP contribution < -0.4 is 10.1 Å². The van der Waals surface area contributed by atoms with E-state index in [-0.39, 0.29) is 11.9 Å². The van der Waals surface area contributed by atoms with Crippen LogP contribution in [0.25, 0.3) is 10.9 Å². The fourth-order valence-electron chi connectivity index (χ4n) is 2.89. The Bertz CT molecular complexity index is 837. The summed E-state index contributed by atoms with van der Waals surface area (Å²) < 4.78 is 5.42. The van der Waals surface area contributed by atoms with Gasteiger partial charge in [-0.25, -0.2) is 0 Å². The Morgan fingerprint density at radius 2 is 1.87 bits per heavy atom. The molecule has 1 amide bonds. The Morgan fingerprint density at radius 3 is 2.57 bits per heavy atom. The fraction of sp³-hybridized carbons (Fsp3) is 0.211. The molecule has 2 aromatic carbocycles. The van der Waals surface area contributed by atoms with Crippen molar-refractivity contribution < 1.29 is 9.53 Å². The van der Waals surface area contributed by atoms with E-state index < -0.39 is 0 Å². The van der Waals surface area contributed by atoms with Crippen LogP contribution in [0.1, 0.15) is 34.6 Å². The van der Waals surface area contributed by atoms with Crippen molar-refractivity contribution in [2.75, 3.05) is 7.11 Å². The molecule has 0 aliphatic heterocycles. The van der Waals surface area contributed by atoms with Crippen molar-refractivity contribution in [3.63, 3.8) is 0 Å². The van der Waals surface area contributed by atoms with E-state index in [9.17, 15) is 4.79 Å². The normalized spacial score (nSPS) is 12.1. The van der Waals surface area contributed by atoms with E-state index in [1.807, 2.05) is 62.4 Å². The lowest BCUT2D eigenvalue weighted by atomic mass is 10.1. The molecule has 23 heavy (non-hydrogen) atoms. The lowest BCUT2D eigenvalue weighted by Gasteiger charge is -2.15. The predicted octanol–water partition coefficient (Wildman–Crippen LogP) is 3.98. The average Bonchev–Trinajstić information content (AvgIpc) is 2.91. The van der Waals surface area contributed by atoms with Crippen molar-refractivity contribution in [1.82, 2.24) is 10.3 Å². The number of hydrogen-bond donors (Lipinski definition) is 2. The van der Waals surface area contributed by atoms with E-state index >= 15 is 0 Å². The second kappa shape index (κ2) is 6.16. The molecule has 0 fully saturated rings. The summed E-state index contributed by atoms with van der Waals surface area (Å²) in [4.78, 5) is 16.1. The average molecular weight is 308 g/mol. The maximum Gasteiger partial charge on any atom is 0.254 e. The second-order valence-electron chi connectivity index (χ2n) is 5.61. The van der Waals surface area contributed by atoms with Gasteiger partial charge in [0.1, 0.15) is 5.75 Å². The molecule has 0 bridgehead atoms. The van der Waals surface area contributed by atoms with E-state index in [0.29, 0.717) is 11.3 Å². The number of methoxy groups -OCH3 is 1. The van der Waals surface area contributed by atoms with Crippen molar-refractivity contribution in [1.29, 1.82) is 0 Å². The predicted molar refractivity (Wildman–Crippen MR) is 91.9 cm³/mol. The first-order valence-corrected chi connectivity index (χ1v) is 7.63. The van der Waals surface area contributed by atoms with Gasteiger partial charge in [0.15, 0.2) is 0 Å². The van der Waals surface area contributed by atoms with E-state index in [0.717, 1.165) is 22.2 Å². The van der Waals surface area contributed by atoms with E-state index in [1.54, 1.807) is 7.11 Å². The first-order chi connectivity index (χ1) is 11.1. The summed E-state index contributed by atoms with van der Waals surface area (Å²) in [7, 11) is 1.62. The molecule has 1 unspecified atom stereocenters. The molecule has 0 radical (unpaired) electrons. The first kappa shape index (κ1) is 15.2. The summed E-state index contributed by atoms with van der Waals surface area (Å²) in [5.41, 5.74) is 3.45. The molecule has 4 nitrogen and oxygen atoms in total. The Labute approximate surface area is 135 Å². The van der Waals surface area contributed by atoms with Gasteiger partial charge >= 0.3 is 0 Å². The van der Waals surface area contributed by atoms with Gasteiger partial charge in [-0.15, -0.1) is 0 Å². The van der Waals surface area contributed by atoms with Crippen molar-refractivity contribution in [2.24, 2.45) is 0 Å². The number of aryl methyl sites for hydroxylation is 1. The highest BCUT2D eigenvalue weighted by molar-refractivity contribution is 6.10. The molecule has 1 atom stereocenters. The fourth-order valence-corrected chi connectivity index (χ4v) is 2.89. The zero-order chi connectivity index (χ0) is 16.4. The summed E-state index contributed by atoms with van der Waals surface area (Å²) in [6.07, 6.45) is 0. The SMILES string of the molecule is COc1cccc2[nH]c(C)c(C(=O)NC(C)c3ccccc3)c12. The number of H-pyrrole nitrogens is 1. The van der Waals surface area contributed by atoms with Crippen molar-refractivity contribution in [3.8, 4) is 5.75 Å². The molecule has 0 aliphatic carbocycles. The number of amides is 1. The van der Waals surface area contributed by atoms with E-state index in [2.05, 4.69) is 10.3 Å². The van der Waals surface area contributed by atoms with Crippen LogP contribution in [0.4, 0.5) is 0 Å². The standard InChI is InChI=1S/C19H20N2O2/c1-12(14-8-5-4-6-9-14)21-19(22)17-13(2)20-15-10-7-11-16(23-3)18(15)17/h4-12,20H,1-3H3,(H,21,22). The third-order valence-electron chi connectivity index (χ3n) is 4.07. The number of nitrogens with one attached hydrogen (secondary N) is 2. The number of hydrogen-bond acceptors (Lipinski definition) is 2. The molecule has 1 heterocycles. The Balaban J connectivity index is 1.97. The summed E-state index contributed by atoms with van der Waals surface area (Å²) in [5.74, 6) is 0.596. The van der Waals surface area contributed by atoms with Crippen LogP contribution in [0.2, 0.25) is 0 Å². The third-order valence-corrected chi connectivity index (χ3v) is 4.07. The topological polar surface area (TPSA) is 54.1 Å². The zero-order valence-corrected chi connectivity index (χ0v) is 13.5. The van der Waals surface area contributed by atoms with Gasteiger partial charge in [-0.2, -0.15) is 0 Å². The number of rotatable bonds is 4. The molecule has 4 heteroatoms. The van der Waals surface area contributed by atoms with Crippen LogP contribution in [-0.2, 0) is 0 Å². The number of benzene rings is 2. The first-order valence-electron chi connectivity index (χ1n) is 7.63. The molecule has 0 saturated carbocycles. The Morgan fingerprint density at radius 1 is 1.13 bits per heavy atom. The van der Waals surface area contributed by atoms with Gasteiger partial charge in [0, 0.05) is 5.69 Å². The number of ether oxygens (including phenoxy) is 1. The minimum Gasteiger partial charge on any atom is -0.496 e. The molecule has 0 saturated heterocycles. The number of carbonyl (C=O) groups excluding carboxylic acids is 1. The highest BCUT2D eigenvalue weighted by Crippen LogP contribution is 2.31. The molecule has 118 valence electrons. The minimum absolute atomic E-state index is 0.0669. The van der Waals surface area contributed by atoms with Crippen LogP contribution in [-0.4, -0.2) is 18.0 Å². The van der Waals surface area contributed by atoms with Gasteiger partial charge in [0.25, 0.3) is 5.91 Å². The highest BCUT2D eigenvalue weighted by atomic mass is 16.5. The molecule has 1 aromatic heterocycles. The monoisotopic (exact) mass is 308 g/mol. The molecule has 0 spiro atoms. The minimum atomic E-state index is -0.102. The molecule has 3 rings (SSSR count). The van der Waals surface area contributed by atoms with Gasteiger partial charge in [-0.3, -0.25) is 4.79 Å². The molecular formula is C19H20N2O2. The van der Waals surface area contributed by atoms with Crippen molar-refractivity contribution in [3.05, 3.63) is 65.4 Å². The van der Waals surface area contributed by atoms with Gasteiger partial charge in [-0.1, -0.05) is 36.4 Å². The largest absolute Gasteiger partial charge is 0.496 e. The number of carbonyl (C=O) groups is 1. The smallest absolute Gasteiger partial charge is 0.254 e. The lowest BCUT2D eigenvalue weighted by molar-refractivity contribution is 0.0941. The Kier molecular flexibility index (Phi) is 4.06. The summed E-state index contributed by atoms with van der Waals surface area (Å²) in [5, 5.41) is 3.89. The second-order valence-corrected chi connectivity index (χ2v) is 5.61. The van der Waals surface area contributed by atoms with Crippen LogP contribution in [0.3, 0.4) is 0 Å². The van der Waals surface area contributed by atoms with Crippen LogP contribution in [0.5, 0.6) is 5.75 Å².